The summed E-state index contributed by atoms with van der Waals surface area (Å²) in [6.45, 7) is 3.41. The summed E-state index contributed by atoms with van der Waals surface area (Å²) in [5.74, 6) is -0.763. The number of aromatic carboxylic acids is 1. The summed E-state index contributed by atoms with van der Waals surface area (Å²) in [6.07, 6.45) is 0.706. The van der Waals surface area contributed by atoms with Crippen LogP contribution in [0.5, 0.6) is 11.5 Å². The van der Waals surface area contributed by atoms with E-state index in [1.165, 1.54) is 18.2 Å². The Balaban J connectivity index is 2.22. The number of benzene rings is 1. The van der Waals surface area contributed by atoms with Crippen molar-refractivity contribution in [3.63, 3.8) is 0 Å². The topological polar surface area (TPSA) is 94.1 Å². The predicted octanol–water partition coefficient (Wildman–Crippen LogP) is 1.85. The van der Waals surface area contributed by atoms with Gasteiger partial charge >= 0.3 is 12.1 Å². The Hall–Kier alpha value is -2.70. The summed E-state index contributed by atoms with van der Waals surface area (Å²) >= 11 is 0. The van der Waals surface area contributed by atoms with Gasteiger partial charge in [-0.3, -0.25) is 5.32 Å². The Morgan fingerprint density at radius 3 is 2.95 bits per heavy atom. The molecule has 1 aromatic rings. The third kappa shape index (κ3) is 2.76. The maximum absolute atomic E-state index is 11.4. The van der Waals surface area contributed by atoms with Crippen LogP contribution in [0.15, 0.2) is 24.8 Å². The summed E-state index contributed by atoms with van der Waals surface area (Å²) in [6, 6.07) is 2.73. The molecule has 1 aliphatic rings. The molecule has 7 nitrogen and oxygen atoms in total. The molecule has 0 fully saturated rings. The lowest BCUT2D eigenvalue weighted by atomic mass is 10.1. The average Bonchev–Trinajstić information content (AvgIpc) is 2.83. The van der Waals surface area contributed by atoms with Crippen LogP contribution in [-0.4, -0.2) is 30.6 Å². The number of hydrogen-bond acceptors (Lipinski definition) is 5. The number of fused-ring (bicyclic) bond motifs is 1. The Labute approximate surface area is 108 Å². The maximum atomic E-state index is 11.4. The number of rotatable bonds is 4. The van der Waals surface area contributed by atoms with Crippen molar-refractivity contribution in [2.24, 2.45) is 0 Å². The number of carboxylic acids is 1. The van der Waals surface area contributed by atoms with Crippen molar-refractivity contribution in [2.75, 3.05) is 18.7 Å². The molecule has 0 saturated heterocycles. The van der Waals surface area contributed by atoms with Gasteiger partial charge in [0.15, 0.2) is 11.5 Å². The summed E-state index contributed by atoms with van der Waals surface area (Å²) in [4.78, 5) is 22.4. The van der Waals surface area contributed by atoms with Crippen LogP contribution in [0.25, 0.3) is 0 Å². The van der Waals surface area contributed by atoms with Crippen LogP contribution in [0, 0.1) is 0 Å². The van der Waals surface area contributed by atoms with Crippen molar-refractivity contribution >= 4 is 17.7 Å². The van der Waals surface area contributed by atoms with Crippen molar-refractivity contribution in [1.82, 2.24) is 0 Å². The van der Waals surface area contributed by atoms with Crippen LogP contribution in [0.1, 0.15) is 10.4 Å². The summed E-state index contributed by atoms with van der Waals surface area (Å²) in [5.41, 5.74) is 0.157. The monoisotopic (exact) mass is 265 g/mol. The van der Waals surface area contributed by atoms with E-state index in [-0.39, 0.29) is 36.1 Å². The fourth-order valence-electron chi connectivity index (χ4n) is 1.53. The van der Waals surface area contributed by atoms with Crippen molar-refractivity contribution in [1.29, 1.82) is 0 Å². The number of carbonyl (C=O) groups is 2. The van der Waals surface area contributed by atoms with E-state index >= 15 is 0 Å². The van der Waals surface area contributed by atoms with Gasteiger partial charge in [0.25, 0.3) is 0 Å². The second-order valence-corrected chi connectivity index (χ2v) is 3.57. The van der Waals surface area contributed by atoms with Gasteiger partial charge in [0.1, 0.15) is 12.2 Å². The Morgan fingerprint density at radius 2 is 2.26 bits per heavy atom. The lowest BCUT2D eigenvalue weighted by molar-refractivity contribution is 0.0692. The van der Waals surface area contributed by atoms with Crippen LogP contribution >= 0.6 is 0 Å². The van der Waals surface area contributed by atoms with Crippen LogP contribution in [0.4, 0.5) is 10.5 Å². The van der Waals surface area contributed by atoms with Gasteiger partial charge < -0.3 is 19.3 Å². The third-order valence-electron chi connectivity index (χ3n) is 2.28. The number of nitrogens with one attached hydrogen (secondary N) is 1. The first-order valence-electron chi connectivity index (χ1n) is 5.33. The summed E-state index contributed by atoms with van der Waals surface area (Å²) in [7, 11) is 0. The molecular weight excluding hydrogens is 254 g/mol. The number of carboxylic acid groups (broad SMARTS) is 1. The van der Waals surface area contributed by atoms with Gasteiger partial charge in [0.05, 0.1) is 0 Å². The molecule has 2 rings (SSSR count). The van der Waals surface area contributed by atoms with E-state index in [0.29, 0.717) is 0 Å². The number of anilines is 1. The van der Waals surface area contributed by atoms with Gasteiger partial charge in [-0.05, 0) is 6.07 Å². The standard InChI is InChI=1S/C12H11NO6/c1-2-3-17-12(16)13-7-4-8(11(14)15)10-9(5-7)18-6-19-10/h2,4-5H,1,3,6H2,(H,13,16)(H,14,15). The van der Waals surface area contributed by atoms with Crippen molar-refractivity contribution in [2.45, 2.75) is 0 Å². The first-order chi connectivity index (χ1) is 9.11. The summed E-state index contributed by atoms with van der Waals surface area (Å²) in [5, 5.41) is 11.5. The Morgan fingerprint density at radius 1 is 1.47 bits per heavy atom. The van der Waals surface area contributed by atoms with Gasteiger partial charge in [0.2, 0.25) is 6.79 Å². The Bertz CT molecular complexity index is 539. The highest BCUT2D eigenvalue weighted by Gasteiger charge is 2.23. The number of amides is 1. The van der Waals surface area contributed by atoms with E-state index in [1.54, 1.807) is 0 Å². The molecule has 0 atom stereocenters. The van der Waals surface area contributed by atoms with E-state index in [4.69, 9.17) is 19.3 Å². The molecule has 1 heterocycles. The first-order valence-corrected chi connectivity index (χ1v) is 5.33. The minimum Gasteiger partial charge on any atom is -0.478 e. The largest absolute Gasteiger partial charge is 0.478 e. The fraction of sp³-hybridized carbons (Fsp3) is 0.167. The van der Waals surface area contributed by atoms with Gasteiger partial charge in [-0.25, -0.2) is 9.59 Å². The van der Waals surface area contributed by atoms with Gasteiger partial charge in [-0.1, -0.05) is 12.7 Å². The van der Waals surface area contributed by atoms with Gasteiger partial charge in [0, 0.05) is 11.8 Å². The molecule has 7 heteroatoms. The highest BCUT2D eigenvalue weighted by Crippen LogP contribution is 2.38. The lowest BCUT2D eigenvalue weighted by Crippen LogP contribution is -2.14. The lowest BCUT2D eigenvalue weighted by Gasteiger charge is -2.08. The molecule has 19 heavy (non-hydrogen) atoms. The molecule has 1 aromatic carbocycles. The normalized spacial score (nSPS) is 11.8. The average molecular weight is 265 g/mol. The van der Waals surface area contributed by atoms with Crippen LogP contribution in [0.3, 0.4) is 0 Å². The number of hydrogen-bond donors (Lipinski definition) is 2. The molecule has 0 bridgehead atoms. The zero-order valence-electron chi connectivity index (χ0n) is 9.84. The van der Waals surface area contributed by atoms with Crippen molar-refractivity contribution < 1.29 is 28.9 Å². The SMILES string of the molecule is C=CCOC(=O)Nc1cc2c(c(C(=O)O)c1)OCO2. The molecule has 1 aliphatic heterocycles. The molecule has 0 spiro atoms. The predicted molar refractivity (Wildman–Crippen MR) is 64.7 cm³/mol. The molecule has 0 unspecified atom stereocenters. The molecule has 1 amide bonds. The quantitative estimate of drug-likeness (QED) is 0.807. The van der Waals surface area contributed by atoms with E-state index in [2.05, 4.69) is 11.9 Å². The zero-order valence-corrected chi connectivity index (χ0v) is 9.84. The summed E-state index contributed by atoms with van der Waals surface area (Å²) < 4.78 is 14.9. The van der Waals surface area contributed by atoms with Crippen LogP contribution in [0.2, 0.25) is 0 Å². The van der Waals surface area contributed by atoms with Gasteiger partial charge in [-0.2, -0.15) is 0 Å². The minimum atomic E-state index is -1.18. The maximum Gasteiger partial charge on any atom is 0.411 e. The molecule has 0 aromatic heterocycles. The molecule has 0 radical (unpaired) electrons. The second kappa shape index (κ2) is 5.30. The van der Waals surface area contributed by atoms with E-state index in [9.17, 15) is 9.59 Å². The third-order valence-corrected chi connectivity index (χ3v) is 2.28. The molecule has 2 N–H and O–H groups in total. The highest BCUT2D eigenvalue weighted by molar-refractivity contribution is 5.95. The Kier molecular flexibility index (Phi) is 3.56. The number of carbonyl (C=O) groups excluding carboxylic acids is 1. The minimum absolute atomic E-state index is 0.0556. The molecule has 0 aliphatic carbocycles. The molecular formula is C12H11NO6. The van der Waals surface area contributed by atoms with Crippen molar-refractivity contribution in [3.05, 3.63) is 30.4 Å². The van der Waals surface area contributed by atoms with E-state index < -0.39 is 12.1 Å². The van der Waals surface area contributed by atoms with Gasteiger partial charge in [-0.15, -0.1) is 0 Å². The van der Waals surface area contributed by atoms with Crippen LogP contribution < -0.4 is 14.8 Å². The first kappa shape index (κ1) is 12.7. The fourth-order valence-corrected chi connectivity index (χ4v) is 1.53. The number of ether oxygens (including phenoxy) is 3. The molecule has 0 saturated carbocycles. The zero-order chi connectivity index (χ0) is 13.8. The molecule has 100 valence electrons. The van der Waals surface area contributed by atoms with E-state index in [0.717, 1.165) is 0 Å². The van der Waals surface area contributed by atoms with Crippen molar-refractivity contribution in [3.8, 4) is 11.5 Å². The van der Waals surface area contributed by atoms with E-state index in [1.807, 2.05) is 0 Å². The smallest absolute Gasteiger partial charge is 0.411 e. The van der Waals surface area contributed by atoms with Crippen LogP contribution in [-0.2, 0) is 4.74 Å². The second-order valence-electron chi connectivity index (χ2n) is 3.57. The highest BCUT2D eigenvalue weighted by atomic mass is 16.7.